The van der Waals surface area contributed by atoms with E-state index in [1.165, 1.54) is 50.2 Å². The minimum Gasteiger partial charge on any atom is -0.554 e. The molecule has 1 spiro atoms. The third-order valence-electron chi connectivity index (χ3n) is 10.3. The maximum atomic E-state index is 14.7. The highest BCUT2D eigenvalue weighted by molar-refractivity contribution is 5.86. The van der Waals surface area contributed by atoms with E-state index < -0.39 is 30.3 Å². The summed E-state index contributed by atoms with van der Waals surface area (Å²) in [5.74, 6) is -0.776. The van der Waals surface area contributed by atoms with Crippen LogP contribution >= 0.6 is 0 Å². The molecule has 3 aliphatic heterocycles. The number of carboxylic acid groups (broad SMARTS) is 1. The Morgan fingerprint density at radius 2 is 1.35 bits per heavy atom. The van der Waals surface area contributed by atoms with Gasteiger partial charge >= 0.3 is 11.9 Å². The maximum Gasteiger partial charge on any atom is 0.348 e. The maximum absolute atomic E-state index is 14.7. The van der Waals surface area contributed by atoms with Crippen LogP contribution in [0, 0.1) is 5.92 Å². The number of ether oxygens (including phenoxy) is 3. The summed E-state index contributed by atoms with van der Waals surface area (Å²) in [6.07, 6.45) is 11.0. The SMILES string of the molecule is CC(=O)OC(OC(C(=O)OC1CC2CCC(C1)[N+]21CCCC1)(c1ccccc1)c1ccccc1)C1CCCCC1.O=C[O-]. The molecule has 2 aromatic rings. The highest BCUT2D eigenvalue weighted by Crippen LogP contribution is 2.47. The van der Waals surface area contributed by atoms with Crippen LogP contribution in [-0.2, 0) is 34.2 Å². The van der Waals surface area contributed by atoms with E-state index in [4.69, 9.17) is 24.1 Å². The molecule has 3 atom stereocenters. The normalized spacial score (nSPS) is 25.3. The summed E-state index contributed by atoms with van der Waals surface area (Å²) in [5.41, 5.74) is -0.154. The molecule has 6 rings (SSSR count). The highest BCUT2D eigenvalue weighted by atomic mass is 16.7. The molecule has 43 heavy (non-hydrogen) atoms. The topological polar surface area (TPSA) is 102 Å². The first-order chi connectivity index (χ1) is 20.9. The summed E-state index contributed by atoms with van der Waals surface area (Å²) in [6.45, 7) is 3.48. The zero-order chi connectivity index (χ0) is 30.3. The van der Waals surface area contributed by atoms with Gasteiger partial charge in [0.15, 0.2) is 0 Å². The third kappa shape index (κ3) is 6.50. The quantitative estimate of drug-likeness (QED) is 0.191. The molecular weight excluding hydrogens is 546 g/mol. The second-order valence-electron chi connectivity index (χ2n) is 12.6. The Balaban J connectivity index is 0.00000118. The fraction of sp³-hybridized carbons (Fsp3) is 0.571. The van der Waals surface area contributed by atoms with Crippen molar-refractivity contribution in [3.63, 3.8) is 0 Å². The smallest absolute Gasteiger partial charge is 0.348 e. The van der Waals surface area contributed by atoms with Gasteiger partial charge in [-0.1, -0.05) is 79.9 Å². The monoisotopic (exact) mass is 591 g/mol. The van der Waals surface area contributed by atoms with Crippen molar-refractivity contribution in [1.29, 1.82) is 0 Å². The van der Waals surface area contributed by atoms with Gasteiger partial charge < -0.3 is 28.6 Å². The van der Waals surface area contributed by atoms with Gasteiger partial charge in [-0.25, -0.2) is 4.79 Å². The Morgan fingerprint density at radius 3 is 1.84 bits per heavy atom. The lowest BCUT2D eigenvalue weighted by Gasteiger charge is -2.47. The van der Waals surface area contributed by atoms with Gasteiger partial charge in [-0.15, -0.1) is 0 Å². The van der Waals surface area contributed by atoms with Crippen molar-refractivity contribution < 1.29 is 38.2 Å². The number of carbonyl (C=O) groups excluding carboxylic acids is 3. The van der Waals surface area contributed by atoms with E-state index in [0.29, 0.717) is 23.2 Å². The molecule has 2 aromatic carbocycles. The lowest BCUT2D eigenvalue weighted by atomic mass is 9.84. The number of nitrogens with zero attached hydrogens (tertiary/aromatic N) is 1. The zero-order valence-corrected chi connectivity index (χ0v) is 25.2. The van der Waals surface area contributed by atoms with Crippen LogP contribution in [0.2, 0.25) is 0 Å². The van der Waals surface area contributed by atoms with Gasteiger partial charge in [0.25, 0.3) is 0 Å². The molecule has 3 saturated heterocycles. The number of hydrogen-bond donors (Lipinski definition) is 0. The summed E-state index contributed by atoms with van der Waals surface area (Å²) in [5, 5.41) is 8.25. The van der Waals surface area contributed by atoms with E-state index in [2.05, 4.69) is 0 Å². The van der Waals surface area contributed by atoms with E-state index in [1.54, 1.807) is 0 Å². The fourth-order valence-corrected chi connectivity index (χ4v) is 8.43. The zero-order valence-electron chi connectivity index (χ0n) is 25.2. The van der Waals surface area contributed by atoms with Crippen molar-refractivity contribution in [3.8, 4) is 0 Å². The molecule has 4 aliphatic rings. The van der Waals surface area contributed by atoms with E-state index in [-0.39, 0.29) is 12.0 Å². The summed E-state index contributed by atoms with van der Waals surface area (Å²) < 4.78 is 20.6. The lowest BCUT2D eigenvalue weighted by Crippen LogP contribution is -2.60. The van der Waals surface area contributed by atoms with Crippen molar-refractivity contribution in [1.82, 2.24) is 0 Å². The lowest BCUT2D eigenvalue weighted by molar-refractivity contribution is -0.956. The first-order valence-electron chi connectivity index (χ1n) is 16.0. The van der Waals surface area contributed by atoms with Gasteiger partial charge in [0.2, 0.25) is 11.9 Å². The molecule has 0 radical (unpaired) electrons. The summed E-state index contributed by atoms with van der Waals surface area (Å²) in [6, 6.07) is 20.4. The minimum atomic E-state index is -1.55. The number of hydrogen-bond acceptors (Lipinski definition) is 7. The van der Waals surface area contributed by atoms with E-state index >= 15 is 0 Å². The number of quaternary nitrogens is 1. The Hall–Kier alpha value is -3.23. The van der Waals surface area contributed by atoms with Crippen LogP contribution in [0.3, 0.4) is 0 Å². The van der Waals surface area contributed by atoms with Crippen LogP contribution in [0.1, 0.15) is 88.7 Å². The second kappa shape index (κ2) is 14.0. The number of piperidine rings is 1. The highest BCUT2D eigenvalue weighted by Gasteiger charge is 2.57. The standard InChI is InChI=1S/C34H44NO5.CH2O2/c1-25(36)38-32(26-13-5-2-6-14-26)40-34(27-15-7-3-8-16-27,28-17-9-4-10-18-28)33(37)39-31-23-29-19-20-30(24-31)35(29)21-11-12-22-35;2-1-3/h3-4,7-10,15-18,26,29-32H,2,5-6,11-14,19-24H2,1H3;1H,(H,2,3)/q+1;/p-1. The van der Waals surface area contributed by atoms with Gasteiger partial charge in [0.05, 0.1) is 25.2 Å². The van der Waals surface area contributed by atoms with E-state index in [1.807, 2.05) is 60.7 Å². The molecule has 3 heterocycles. The Kier molecular flexibility index (Phi) is 10.2. The van der Waals surface area contributed by atoms with Crippen molar-refractivity contribution in [3.05, 3.63) is 71.8 Å². The summed E-state index contributed by atoms with van der Waals surface area (Å²) in [7, 11) is 0. The average molecular weight is 592 g/mol. The molecule has 8 nitrogen and oxygen atoms in total. The van der Waals surface area contributed by atoms with Crippen molar-refractivity contribution in [2.24, 2.45) is 5.92 Å². The van der Waals surface area contributed by atoms with Gasteiger partial charge in [0.1, 0.15) is 6.10 Å². The Morgan fingerprint density at radius 1 is 0.837 bits per heavy atom. The predicted molar refractivity (Wildman–Crippen MR) is 158 cm³/mol. The molecule has 0 N–H and O–H groups in total. The molecule has 4 fully saturated rings. The first-order valence-corrected chi connectivity index (χ1v) is 16.0. The molecule has 0 aromatic heterocycles. The molecule has 0 amide bonds. The van der Waals surface area contributed by atoms with Gasteiger partial charge in [-0.3, -0.25) is 4.79 Å². The number of benzene rings is 2. The van der Waals surface area contributed by atoms with E-state index in [0.717, 1.165) is 44.9 Å². The summed E-state index contributed by atoms with van der Waals surface area (Å²) >= 11 is 0. The first kappa shape index (κ1) is 31.2. The van der Waals surface area contributed by atoms with E-state index in [9.17, 15) is 9.59 Å². The van der Waals surface area contributed by atoms with Gasteiger partial charge in [-0.05, 0) is 24.0 Å². The molecule has 1 aliphatic carbocycles. The fourth-order valence-electron chi connectivity index (χ4n) is 8.43. The molecule has 232 valence electrons. The van der Waals surface area contributed by atoms with Crippen molar-refractivity contribution in [2.45, 2.75) is 108 Å². The Bertz CT molecular complexity index is 1150. The van der Waals surface area contributed by atoms with Crippen LogP contribution in [0.15, 0.2) is 60.7 Å². The van der Waals surface area contributed by atoms with Gasteiger partial charge in [-0.2, -0.15) is 0 Å². The summed E-state index contributed by atoms with van der Waals surface area (Å²) in [4.78, 5) is 35.3. The number of carbonyl (C=O) groups is 3. The molecule has 2 bridgehead atoms. The third-order valence-corrected chi connectivity index (χ3v) is 10.3. The van der Waals surface area contributed by atoms with Crippen LogP contribution in [0.25, 0.3) is 0 Å². The molecule has 8 heteroatoms. The number of esters is 2. The predicted octanol–water partition coefficient (Wildman–Crippen LogP) is 4.63. The molecular formula is C35H45NO7. The minimum absolute atomic E-state index is 0.0299. The van der Waals surface area contributed by atoms with Crippen LogP contribution in [0.4, 0.5) is 0 Å². The Labute approximate surface area is 254 Å². The van der Waals surface area contributed by atoms with Crippen LogP contribution in [-0.4, -0.2) is 60.5 Å². The second-order valence-corrected chi connectivity index (χ2v) is 12.6. The average Bonchev–Trinajstić information content (AvgIpc) is 3.57. The van der Waals surface area contributed by atoms with Crippen molar-refractivity contribution >= 4 is 18.4 Å². The number of rotatable bonds is 8. The van der Waals surface area contributed by atoms with Crippen LogP contribution in [0.5, 0.6) is 0 Å². The van der Waals surface area contributed by atoms with Gasteiger partial charge in [0, 0.05) is 57.8 Å². The molecule has 1 saturated carbocycles. The van der Waals surface area contributed by atoms with Crippen molar-refractivity contribution in [2.75, 3.05) is 13.1 Å². The largest absolute Gasteiger partial charge is 0.554 e. The molecule has 3 unspecified atom stereocenters. The van der Waals surface area contributed by atoms with Crippen LogP contribution < -0.4 is 5.11 Å².